The van der Waals surface area contributed by atoms with E-state index in [4.69, 9.17) is 10.5 Å². The van der Waals surface area contributed by atoms with E-state index in [1.54, 1.807) is 14.0 Å². The van der Waals surface area contributed by atoms with Gasteiger partial charge in [-0.1, -0.05) is 57.2 Å². The van der Waals surface area contributed by atoms with E-state index < -0.39 is 5.54 Å². The Hall–Kier alpha value is -2.37. The van der Waals surface area contributed by atoms with E-state index in [-0.39, 0.29) is 30.2 Å². The van der Waals surface area contributed by atoms with Gasteiger partial charge in [-0.3, -0.25) is 14.5 Å². The first-order chi connectivity index (χ1) is 13.9. The molecule has 1 aliphatic carbocycles. The van der Waals surface area contributed by atoms with Gasteiger partial charge in [-0.15, -0.1) is 0 Å². The summed E-state index contributed by atoms with van der Waals surface area (Å²) in [5, 5.41) is 0. The molecule has 2 aliphatic rings. The van der Waals surface area contributed by atoms with Gasteiger partial charge in [0, 0.05) is 18.5 Å². The number of hydrogen-bond donors (Lipinski definition) is 1. The summed E-state index contributed by atoms with van der Waals surface area (Å²) in [6.07, 6.45) is 7.25. The van der Waals surface area contributed by atoms with Crippen LogP contribution in [0.4, 0.5) is 0 Å². The largest absolute Gasteiger partial charge is 0.490 e. The van der Waals surface area contributed by atoms with Crippen molar-refractivity contribution in [3.8, 4) is 5.75 Å². The van der Waals surface area contributed by atoms with Gasteiger partial charge >= 0.3 is 0 Å². The molecular weight excluding hydrogens is 366 g/mol. The number of aliphatic imine (C=N–C) groups is 1. The third-order valence-corrected chi connectivity index (χ3v) is 6.39. The fourth-order valence-electron chi connectivity index (χ4n) is 4.74. The quantitative estimate of drug-likeness (QED) is 0.723. The topological polar surface area (TPSA) is 85.0 Å². The normalized spacial score (nSPS) is 23.8. The van der Waals surface area contributed by atoms with Crippen LogP contribution in [0.15, 0.2) is 29.3 Å². The number of rotatable bonds is 8. The second kappa shape index (κ2) is 8.97. The third-order valence-electron chi connectivity index (χ3n) is 6.39. The fourth-order valence-corrected chi connectivity index (χ4v) is 4.74. The van der Waals surface area contributed by atoms with Crippen LogP contribution in [0.1, 0.15) is 70.3 Å². The van der Waals surface area contributed by atoms with E-state index in [2.05, 4.69) is 4.99 Å². The van der Waals surface area contributed by atoms with Crippen LogP contribution in [0.2, 0.25) is 0 Å². The summed E-state index contributed by atoms with van der Waals surface area (Å²) in [6, 6.07) is 7.60. The molecule has 2 unspecified atom stereocenters. The zero-order valence-corrected chi connectivity index (χ0v) is 17.8. The molecule has 1 aromatic rings. The number of ketones is 1. The van der Waals surface area contributed by atoms with Crippen molar-refractivity contribution in [1.29, 1.82) is 0 Å². The Kier molecular flexibility index (Phi) is 6.60. The first-order valence-electron chi connectivity index (χ1n) is 10.7. The van der Waals surface area contributed by atoms with Crippen LogP contribution in [0.25, 0.3) is 0 Å². The van der Waals surface area contributed by atoms with E-state index in [1.165, 1.54) is 24.2 Å². The second-order valence-electron chi connectivity index (χ2n) is 8.47. The van der Waals surface area contributed by atoms with Gasteiger partial charge in [0.2, 0.25) is 0 Å². The van der Waals surface area contributed by atoms with Gasteiger partial charge in [0.05, 0.1) is 0 Å². The number of Topliss-reactive ketones (excluding diaryl/α,β-unsaturated/α-hetero) is 1. The number of likely N-dealkylation sites (N-methyl/N-ethyl adjacent to an activating group) is 1. The zero-order valence-electron chi connectivity index (χ0n) is 17.8. The molecule has 0 bridgehead atoms. The maximum absolute atomic E-state index is 13.1. The Labute approximate surface area is 173 Å². The highest BCUT2D eigenvalue weighted by molar-refractivity contribution is 6.06. The SMILES string of the molecule is CCC(C(C)=O)c1ccccc1OCC1(CC2CCCCC2)N=C(N)N(C)C1=O. The lowest BCUT2D eigenvalue weighted by Crippen LogP contribution is -2.47. The molecule has 1 fully saturated rings. The zero-order chi connectivity index (χ0) is 21.0. The molecule has 1 amide bonds. The molecule has 3 rings (SSSR count). The molecule has 1 aromatic carbocycles. The third kappa shape index (κ3) is 4.46. The number of guanidine groups is 1. The Balaban J connectivity index is 1.85. The molecule has 6 heteroatoms. The minimum absolute atomic E-state index is 0.100. The number of nitrogens with two attached hydrogens (primary N) is 1. The number of amides is 1. The molecule has 158 valence electrons. The van der Waals surface area contributed by atoms with Crippen LogP contribution in [-0.2, 0) is 9.59 Å². The molecule has 6 nitrogen and oxygen atoms in total. The molecule has 1 aliphatic heterocycles. The second-order valence-corrected chi connectivity index (χ2v) is 8.47. The summed E-state index contributed by atoms with van der Waals surface area (Å²) in [7, 11) is 1.67. The first-order valence-corrected chi connectivity index (χ1v) is 10.7. The van der Waals surface area contributed by atoms with Crippen molar-refractivity contribution in [2.45, 2.75) is 70.3 Å². The summed E-state index contributed by atoms with van der Waals surface area (Å²) in [5.41, 5.74) is 5.90. The van der Waals surface area contributed by atoms with Crippen molar-refractivity contribution in [3.63, 3.8) is 0 Å². The average molecular weight is 400 g/mol. The summed E-state index contributed by atoms with van der Waals surface area (Å²) in [6.45, 7) is 3.74. The van der Waals surface area contributed by atoms with Crippen molar-refractivity contribution in [2.24, 2.45) is 16.6 Å². The predicted molar refractivity (Wildman–Crippen MR) is 114 cm³/mol. The van der Waals surface area contributed by atoms with Crippen LogP contribution in [0, 0.1) is 5.92 Å². The number of benzene rings is 1. The Morgan fingerprint density at radius 1 is 1.31 bits per heavy atom. The number of ether oxygens (including phenoxy) is 1. The lowest BCUT2D eigenvalue weighted by Gasteiger charge is -2.31. The van der Waals surface area contributed by atoms with Crippen LogP contribution in [0.3, 0.4) is 0 Å². The summed E-state index contributed by atoms with van der Waals surface area (Å²) < 4.78 is 6.20. The van der Waals surface area contributed by atoms with Gasteiger partial charge in [0.15, 0.2) is 11.5 Å². The molecule has 29 heavy (non-hydrogen) atoms. The maximum atomic E-state index is 13.1. The summed E-state index contributed by atoms with van der Waals surface area (Å²) in [5.74, 6) is 1.15. The number of para-hydroxylation sites is 1. The van der Waals surface area contributed by atoms with E-state index in [9.17, 15) is 9.59 Å². The van der Waals surface area contributed by atoms with E-state index in [0.717, 1.165) is 18.4 Å². The predicted octanol–water partition coefficient (Wildman–Crippen LogP) is 3.64. The molecular formula is C23H33N3O3. The van der Waals surface area contributed by atoms with Gasteiger partial charge < -0.3 is 10.5 Å². The fraction of sp³-hybridized carbons (Fsp3) is 0.609. The molecule has 0 spiro atoms. The minimum atomic E-state index is -0.980. The lowest BCUT2D eigenvalue weighted by molar-refractivity contribution is -0.132. The van der Waals surface area contributed by atoms with Crippen LogP contribution >= 0.6 is 0 Å². The van der Waals surface area contributed by atoms with Crippen LogP contribution in [0.5, 0.6) is 5.75 Å². The summed E-state index contributed by atoms with van der Waals surface area (Å²) in [4.78, 5) is 31.2. The van der Waals surface area contributed by atoms with Crippen molar-refractivity contribution >= 4 is 17.6 Å². The average Bonchev–Trinajstić information content (AvgIpc) is 2.92. The van der Waals surface area contributed by atoms with Gasteiger partial charge in [0.25, 0.3) is 5.91 Å². The Bertz CT molecular complexity index is 785. The van der Waals surface area contributed by atoms with E-state index in [0.29, 0.717) is 24.5 Å². The maximum Gasteiger partial charge on any atom is 0.260 e. The van der Waals surface area contributed by atoms with Crippen molar-refractivity contribution < 1.29 is 14.3 Å². The van der Waals surface area contributed by atoms with Crippen LogP contribution < -0.4 is 10.5 Å². The summed E-state index contributed by atoms with van der Waals surface area (Å²) >= 11 is 0. The smallest absolute Gasteiger partial charge is 0.260 e. The van der Waals surface area contributed by atoms with E-state index in [1.807, 2.05) is 31.2 Å². The highest BCUT2D eigenvalue weighted by atomic mass is 16.5. The van der Waals surface area contributed by atoms with Gasteiger partial charge in [-0.05, 0) is 31.7 Å². The number of hydrogen-bond acceptors (Lipinski definition) is 5. The minimum Gasteiger partial charge on any atom is -0.490 e. The monoisotopic (exact) mass is 399 g/mol. The van der Waals surface area contributed by atoms with Crippen molar-refractivity contribution in [2.75, 3.05) is 13.7 Å². The highest BCUT2D eigenvalue weighted by Gasteiger charge is 2.48. The number of carbonyl (C=O) groups excluding carboxylic acids is 2. The van der Waals surface area contributed by atoms with Crippen molar-refractivity contribution in [1.82, 2.24) is 4.90 Å². The number of carbonyl (C=O) groups is 2. The molecule has 0 radical (unpaired) electrons. The lowest BCUT2D eigenvalue weighted by atomic mass is 9.79. The first kappa shape index (κ1) is 21.3. The highest BCUT2D eigenvalue weighted by Crippen LogP contribution is 2.37. The van der Waals surface area contributed by atoms with Gasteiger partial charge in [0.1, 0.15) is 18.1 Å². The number of nitrogens with zero attached hydrogens (tertiary/aromatic N) is 2. The Morgan fingerprint density at radius 3 is 2.59 bits per heavy atom. The molecule has 2 N–H and O–H groups in total. The van der Waals surface area contributed by atoms with Gasteiger partial charge in [-0.25, -0.2) is 4.99 Å². The Morgan fingerprint density at radius 2 is 2.00 bits per heavy atom. The molecule has 2 atom stereocenters. The standard InChI is InChI=1S/C23H33N3O3/c1-4-18(16(2)27)19-12-8-9-13-20(19)29-15-23(14-17-10-6-5-7-11-17)21(28)26(3)22(24)25-23/h8-9,12-13,17-18H,4-7,10-11,14-15H2,1-3H3,(H2,24,25). The molecule has 0 aromatic heterocycles. The molecule has 1 saturated carbocycles. The molecule has 1 heterocycles. The van der Waals surface area contributed by atoms with E-state index >= 15 is 0 Å². The molecule has 0 saturated heterocycles. The van der Waals surface area contributed by atoms with Crippen LogP contribution in [-0.4, -0.2) is 41.7 Å². The van der Waals surface area contributed by atoms with Gasteiger partial charge in [-0.2, -0.15) is 0 Å². The van der Waals surface area contributed by atoms with Crippen molar-refractivity contribution in [3.05, 3.63) is 29.8 Å².